The maximum atomic E-state index is 13.3. The molecule has 148 valence electrons. The molecule has 0 radical (unpaired) electrons. The van der Waals surface area contributed by atoms with Crippen molar-refractivity contribution >= 4 is 35.1 Å². The molecule has 0 aliphatic heterocycles. The van der Waals surface area contributed by atoms with Crippen molar-refractivity contribution in [1.82, 2.24) is 5.16 Å². The van der Waals surface area contributed by atoms with Gasteiger partial charge in [0.1, 0.15) is 12.2 Å². The summed E-state index contributed by atoms with van der Waals surface area (Å²) in [4.78, 5) is 26.9. The van der Waals surface area contributed by atoms with Crippen molar-refractivity contribution in [2.24, 2.45) is 0 Å². The minimum atomic E-state index is -0.690. The van der Waals surface area contributed by atoms with Crippen LogP contribution in [0, 0.1) is 0 Å². The number of nitrogens with zero attached hydrogens (tertiary/aromatic N) is 1. The fourth-order valence-electron chi connectivity index (χ4n) is 3.02. The van der Waals surface area contributed by atoms with Gasteiger partial charge < -0.3 is 9.26 Å². The first-order chi connectivity index (χ1) is 14.1. The number of carbonyl (C=O) groups excluding carboxylic acids is 2. The van der Waals surface area contributed by atoms with E-state index in [9.17, 15) is 9.59 Å². The fourth-order valence-corrected chi connectivity index (χ4v) is 3.79. The summed E-state index contributed by atoms with van der Waals surface area (Å²) in [6, 6.07) is 14.5. The minimum Gasteiger partial charge on any atom is -0.456 e. The van der Waals surface area contributed by atoms with E-state index >= 15 is 0 Å². The van der Waals surface area contributed by atoms with E-state index in [2.05, 4.69) is 5.16 Å². The molecule has 1 heterocycles. The zero-order chi connectivity index (χ0) is 20.4. The van der Waals surface area contributed by atoms with E-state index < -0.39 is 5.97 Å². The molecule has 1 saturated carbocycles. The normalized spacial score (nSPS) is 13.3. The van der Waals surface area contributed by atoms with Gasteiger partial charge in [-0.2, -0.15) is 0 Å². The summed E-state index contributed by atoms with van der Waals surface area (Å²) in [6.07, 6.45) is 3.72. The van der Waals surface area contributed by atoms with Crippen molar-refractivity contribution in [3.63, 3.8) is 0 Å². The number of halogens is 1. The summed E-state index contributed by atoms with van der Waals surface area (Å²) < 4.78 is 10.8. The van der Waals surface area contributed by atoms with Crippen molar-refractivity contribution in [3.05, 3.63) is 81.7 Å². The molecule has 5 nitrogen and oxygen atoms in total. The second-order valence-corrected chi connectivity index (χ2v) is 8.07. The molecule has 2 aromatic carbocycles. The van der Waals surface area contributed by atoms with Crippen LogP contribution in [-0.2, 0) is 11.3 Å². The number of rotatable bonds is 7. The summed E-state index contributed by atoms with van der Waals surface area (Å²) in [6.45, 7) is 0.0854. The van der Waals surface area contributed by atoms with Gasteiger partial charge in [0.15, 0.2) is 5.76 Å². The van der Waals surface area contributed by atoms with E-state index in [4.69, 9.17) is 20.9 Å². The van der Waals surface area contributed by atoms with Crippen molar-refractivity contribution < 1.29 is 18.8 Å². The highest BCUT2D eigenvalue weighted by Crippen LogP contribution is 2.43. The number of benzene rings is 2. The van der Waals surface area contributed by atoms with E-state index in [0.29, 0.717) is 16.3 Å². The second-order valence-electron chi connectivity index (χ2n) is 6.78. The first-order valence-electron chi connectivity index (χ1n) is 9.17. The van der Waals surface area contributed by atoms with Crippen molar-refractivity contribution in [2.45, 2.75) is 30.3 Å². The van der Waals surface area contributed by atoms with Crippen LogP contribution in [0.5, 0.6) is 0 Å². The molecule has 29 heavy (non-hydrogen) atoms. The molecule has 0 spiro atoms. The number of thioether (sulfide) groups is 1. The van der Waals surface area contributed by atoms with Crippen LogP contribution in [0.2, 0.25) is 5.02 Å². The van der Waals surface area contributed by atoms with E-state index in [1.54, 1.807) is 12.1 Å². The summed E-state index contributed by atoms with van der Waals surface area (Å²) >= 11 is 7.87. The summed E-state index contributed by atoms with van der Waals surface area (Å²) in [5.74, 6) is -0.532. The predicted molar refractivity (Wildman–Crippen MR) is 111 cm³/mol. The number of esters is 1. The average Bonchev–Trinajstić information content (AvgIpc) is 3.50. The highest BCUT2D eigenvalue weighted by atomic mass is 35.5. The molecule has 1 aliphatic carbocycles. The molecule has 0 bridgehead atoms. The Labute approximate surface area is 177 Å². The Kier molecular flexibility index (Phi) is 5.74. The van der Waals surface area contributed by atoms with Gasteiger partial charge >= 0.3 is 5.97 Å². The van der Waals surface area contributed by atoms with E-state index in [0.717, 1.165) is 23.3 Å². The molecule has 0 atom stereocenters. The SMILES string of the molecule is CSc1ccc(C(=O)c2c(C(=O)OCc3ccccc3)noc2C2CC2)c(Cl)c1. The van der Waals surface area contributed by atoms with E-state index in [1.807, 2.05) is 42.7 Å². The van der Waals surface area contributed by atoms with Crippen LogP contribution in [0.1, 0.15) is 56.5 Å². The maximum Gasteiger partial charge on any atom is 0.361 e. The Balaban J connectivity index is 1.64. The van der Waals surface area contributed by atoms with Gasteiger partial charge in [0.25, 0.3) is 0 Å². The number of carbonyl (C=O) groups is 2. The Bertz CT molecular complexity index is 1060. The van der Waals surface area contributed by atoms with E-state index in [1.165, 1.54) is 11.8 Å². The van der Waals surface area contributed by atoms with Crippen molar-refractivity contribution in [1.29, 1.82) is 0 Å². The number of ketones is 1. The largest absolute Gasteiger partial charge is 0.456 e. The lowest BCUT2D eigenvalue weighted by Crippen LogP contribution is -2.13. The molecule has 4 rings (SSSR count). The second kappa shape index (κ2) is 8.43. The fraction of sp³-hybridized carbons (Fsp3) is 0.227. The molecule has 0 N–H and O–H groups in total. The zero-order valence-electron chi connectivity index (χ0n) is 15.7. The lowest BCUT2D eigenvalue weighted by molar-refractivity contribution is 0.0458. The number of ether oxygens (including phenoxy) is 1. The van der Waals surface area contributed by atoms with Gasteiger partial charge in [-0.3, -0.25) is 4.79 Å². The Morgan fingerprint density at radius 3 is 2.62 bits per heavy atom. The highest BCUT2D eigenvalue weighted by molar-refractivity contribution is 7.98. The molecular weight excluding hydrogens is 410 g/mol. The molecule has 3 aromatic rings. The van der Waals surface area contributed by atoms with Gasteiger partial charge in [-0.1, -0.05) is 47.1 Å². The third-order valence-electron chi connectivity index (χ3n) is 4.72. The van der Waals surface area contributed by atoms with Gasteiger partial charge in [0, 0.05) is 16.4 Å². The third-order valence-corrected chi connectivity index (χ3v) is 5.76. The third kappa shape index (κ3) is 4.23. The first kappa shape index (κ1) is 19.7. The molecule has 1 aromatic heterocycles. The maximum absolute atomic E-state index is 13.3. The minimum absolute atomic E-state index is 0.0854. The van der Waals surface area contributed by atoms with Gasteiger partial charge in [0.05, 0.1) is 5.02 Å². The van der Waals surface area contributed by atoms with E-state index in [-0.39, 0.29) is 29.6 Å². The quantitative estimate of drug-likeness (QED) is 0.281. The van der Waals surface area contributed by atoms with Crippen LogP contribution < -0.4 is 0 Å². The monoisotopic (exact) mass is 427 g/mol. The van der Waals surface area contributed by atoms with Crippen LogP contribution >= 0.6 is 23.4 Å². The zero-order valence-corrected chi connectivity index (χ0v) is 17.3. The number of aromatic nitrogens is 1. The molecule has 0 amide bonds. The standard InChI is InChI=1S/C22H18ClNO4S/c1-29-15-9-10-16(17(23)11-15)20(25)18-19(24-28-21(18)14-7-8-14)22(26)27-12-13-5-3-2-4-6-13/h2-6,9-11,14H,7-8,12H2,1H3. The summed E-state index contributed by atoms with van der Waals surface area (Å²) in [7, 11) is 0. The van der Waals surface area contributed by atoms with Crippen LogP contribution in [0.4, 0.5) is 0 Å². The van der Waals surface area contributed by atoms with Crippen molar-refractivity contribution in [3.8, 4) is 0 Å². The van der Waals surface area contributed by atoms with Crippen LogP contribution in [-0.4, -0.2) is 23.2 Å². The predicted octanol–water partition coefficient (Wildman–Crippen LogP) is 5.52. The average molecular weight is 428 g/mol. The van der Waals surface area contributed by atoms with Gasteiger partial charge in [-0.05, 0) is 42.9 Å². The Morgan fingerprint density at radius 1 is 1.21 bits per heavy atom. The van der Waals surface area contributed by atoms with Crippen LogP contribution in [0.3, 0.4) is 0 Å². The lowest BCUT2D eigenvalue weighted by Gasteiger charge is -2.07. The van der Waals surface area contributed by atoms with Crippen molar-refractivity contribution in [2.75, 3.05) is 6.26 Å². The van der Waals surface area contributed by atoms with Gasteiger partial charge in [-0.25, -0.2) is 4.79 Å². The summed E-state index contributed by atoms with van der Waals surface area (Å²) in [5.41, 5.74) is 1.21. The molecule has 0 saturated heterocycles. The molecule has 1 aliphatic rings. The van der Waals surface area contributed by atoms with Crippen LogP contribution in [0.25, 0.3) is 0 Å². The van der Waals surface area contributed by atoms with Crippen LogP contribution in [0.15, 0.2) is 57.9 Å². The topological polar surface area (TPSA) is 69.4 Å². The molecule has 0 unspecified atom stereocenters. The lowest BCUT2D eigenvalue weighted by atomic mass is 9.99. The summed E-state index contributed by atoms with van der Waals surface area (Å²) in [5, 5.41) is 4.21. The highest BCUT2D eigenvalue weighted by Gasteiger charge is 2.38. The Morgan fingerprint density at radius 2 is 1.97 bits per heavy atom. The first-order valence-corrected chi connectivity index (χ1v) is 10.8. The Hall–Kier alpha value is -2.57. The smallest absolute Gasteiger partial charge is 0.361 e. The molecule has 7 heteroatoms. The molecule has 1 fully saturated rings. The number of hydrogen-bond donors (Lipinski definition) is 0. The molecular formula is C22H18ClNO4S. The number of hydrogen-bond acceptors (Lipinski definition) is 6. The van der Waals surface area contributed by atoms with Gasteiger partial charge in [-0.15, -0.1) is 11.8 Å². The van der Waals surface area contributed by atoms with Gasteiger partial charge in [0.2, 0.25) is 11.5 Å².